The molecule has 0 saturated heterocycles. The quantitative estimate of drug-likeness (QED) is 0.146. The van der Waals surface area contributed by atoms with Gasteiger partial charge in [0.05, 0.1) is 16.8 Å². The maximum atomic E-state index is 6.26. The number of anilines is 1. The number of benzene rings is 5. The standard InChI is InChI=1S/C41H39BrN2O2/c1-3-45-39-23-30(22-38(42)41(39)46-27-29-16-14-28(2)15-17-29)26-43-33-24-36-34(31-10-6-4-7-11-31)18-20-44-21-19-35(37(25-33)40(36)44)32-12-8-5-9-13-32/h4-17,22-26,34-35H,3,18-21,27H2,1-2H3/t34-,35-/m1/s1. The molecule has 0 saturated carbocycles. The van der Waals surface area contributed by atoms with Crippen LogP contribution in [0.25, 0.3) is 0 Å². The first-order valence-corrected chi connectivity index (χ1v) is 17.1. The predicted octanol–water partition coefficient (Wildman–Crippen LogP) is 10.4. The highest BCUT2D eigenvalue weighted by Gasteiger charge is 2.35. The molecule has 2 aliphatic rings. The lowest BCUT2D eigenvalue weighted by Crippen LogP contribution is -2.37. The third-order valence-corrected chi connectivity index (χ3v) is 9.79. The summed E-state index contributed by atoms with van der Waals surface area (Å²) in [5.74, 6) is 2.10. The lowest BCUT2D eigenvalue weighted by atomic mass is 9.76. The molecule has 0 bridgehead atoms. The van der Waals surface area contributed by atoms with Gasteiger partial charge in [0.15, 0.2) is 11.5 Å². The average molecular weight is 672 g/mol. The number of ether oxygens (including phenoxy) is 2. The van der Waals surface area contributed by atoms with Gasteiger partial charge < -0.3 is 14.4 Å². The maximum absolute atomic E-state index is 6.26. The Morgan fingerprint density at radius 3 is 1.98 bits per heavy atom. The molecule has 5 aromatic carbocycles. The van der Waals surface area contributed by atoms with Gasteiger partial charge in [0.1, 0.15) is 6.61 Å². The number of nitrogens with zero attached hydrogens (tertiary/aromatic N) is 2. The van der Waals surface area contributed by atoms with Crippen molar-refractivity contribution in [1.82, 2.24) is 0 Å². The fraction of sp³-hybridized carbons (Fsp3) is 0.244. The summed E-state index contributed by atoms with van der Waals surface area (Å²) in [7, 11) is 0. The van der Waals surface area contributed by atoms with Crippen molar-refractivity contribution in [3.63, 3.8) is 0 Å². The van der Waals surface area contributed by atoms with Gasteiger partial charge in [-0.1, -0.05) is 90.5 Å². The van der Waals surface area contributed by atoms with E-state index in [2.05, 4.69) is 131 Å². The van der Waals surface area contributed by atoms with E-state index in [-0.39, 0.29) is 0 Å². The molecule has 0 amide bonds. The van der Waals surface area contributed by atoms with Gasteiger partial charge in [0, 0.05) is 36.8 Å². The molecular formula is C41H39BrN2O2. The zero-order valence-electron chi connectivity index (χ0n) is 26.5. The summed E-state index contributed by atoms with van der Waals surface area (Å²) in [6.45, 7) is 7.25. The normalized spacial score (nSPS) is 17.2. The molecule has 5 heteroatoms. The third kappa shape index (κ3) is 6.34. The second kappa shape index (κ2) is 13.6. The monoisotopic (exact) mass is 670 g/mol. The molecular weight excluding hydrogens is 632 g/mol. The molecule has 232 valence electrons. The van der Waals surface area contributed by atoms with Crippen LogP contribution in [0.1, 0.15) is 70.5 Å². The largest absolute Gasteiger partial charge is 0.490 e. The summed E-state index contributed by atoms with van der Waals surface area (Å²) in [5.41, 5.74) is 11.2. The first kappa shape index (κ1) is 30.3. The lowest BCUT2D eigenvalue weighted by Gasteiger charge is -2.43. The minimum atomic E-state index is 0.347. The second-order valence-corrected chi connectivity index (χ2v) is 13.1. The van der Waals surface area contributed by atoms with Crippen LogP contribution in [0.5, 0.6) is 11.5 Å². The Morgan fingerprint density at radius 1 is 0.783 bits per heavy atom. The van der Waals surface area contributed by atoms with E-state index in [0.29, 0.717) is 36.5 Å². The number of aliphatic imine (C=N–C) groups is 1. The molecule has 0 aromatic heterocycles. The zero-order chi connectivity index (χ0) is 31.5. The summed E-state index contributed by atoms with van der Waals surface area (Å²) < 4.78 is 13.2. The molecule has 46 heavy (non-hydrogen) atoms. The van der Waals surface area contributed by atoms with E-state index in [1.807, 2.05) is 19.2 Å². The molecule has 0 unspecified atom stereocenters. The number of rotatable bonds is 9. The van der Waals surface area contributed by atoms with Crippen molar-refractivity contribution in [3.05, 3.63) is 153 Å². The molecule has 0 aliphatic carbocycles. The van der Waals surface area contributed by atoms with Gasteiger partial charge in [-0.15, -0.1) is 0 Å². The van der Waals surface area contributed by atoms with Crippen LogP contribution in [0.2, 0.25) is 0 Å². The SMILES string of the molecule is CCOc1cc(C=Nc2cc3c4c(c2)[C@@H](c2ccccc2)CCN4CC[C@@H]3c2ccccc2)cc(Br)c1OCc1ccc(C)cc1. The van der Waals surface area contributed by atoms with Crippen LogP contribution < -0.4 is 14.4 Å². The molecule has 0 N–H and O–H groups in total. The Balaban J connectivity index is 1.25. The third-order valence-electron chi connectivity index (χ3n) is 9.20. The Kier molecular flexibility index (Phi) is 8.94. The Bertz CT molecular complexity index is 1760. The Morgan fingerprint density at radius 2 is 1.39 bits per heavy atom. The van der Waals surface area contributed by atoms with Gasteiger partial charge in [-0.3, -0.25) is 4.99 Å². The number of halogens is 1. The fourth-order valence-electron chi connectivity index (χ4n) is 6.97. The number of hydrogen-bond acceptors (Lipinski definition) is 4. The maximum Gasteiger partial charge on any atom is 0.175 e. The van der Waals surface area contributed by atoms with Crippen molar-refractivity contribution in [2.75, 3.05) is 24.6 Å². The van der Waals surface area contributed by atoms with Crippen molar-refractivity contribution >= 4 is 33.5 Å². The van der Waals surface area contributed by atoms with Crippen LogP contribution in [-0.2, 0) is 6.61 Å². The van der Waals surface area contributed by atoms with Gasteiger partial charge in [-0.25, -0.2) is 0 Å². The molecule has 2 aliphatic heterocycles. The minimum Gasteiger partial charge on any atom is -0.490 e. The molecule has 0 fully saturated rings. The average Bonchev–Trinajstić information content (AvgIpc) is 3.09. The van der Waals surface area contributed by atoms with Crippen LogP contribution >= 0.6 is 15.9 Å². The van der Waals surface area contributed by atoms with Crippen molar-refractivity contribution in [2.45, 2.75) is 45.1 Å². The highest BCUT2D eigenvalue weighted by Crippen LogP contribution is 2.50. The molecule has 4 nitrogen and oxygen atoms in total. The second-order valence-electron chi connectivity index (χ2n) is 12.3. The van der Waals surface area contributed by atoms with Gasteiger partial charge in [0.2, 0.25) is 0 Å². The van der Waals surface area contributed by atoms with Crippen LogP contribution in [-0.4, -0.2) is 25.9 Å². The first-order valence-electron chi connectivity index (χ1n) is 16.3. The highest BCUT2D eigenvalue weighted by molar-refractivity contribution is 9.10. The molecule has 5 aromatic rings. The highest BCUT2D eigenvalue weighted by atomic mass is 79.9. The minimum absolute atomic E-state index is 0.347. The number of aryl methyl sites for hydroxylation is 1. The van der Waals surface area contributed by atoms with Gasteiger partial charge in [-0.05, 0) is 100 Å². The van der Waals surface area contributed by atoms with E-state index in [9.17, 15) is 0 Å². The van der Waals surface area contributed by atoms with Crippen LogP contribution in [0.3, 0.4) is 0 Å². The van der Waals surface area contributed by atoms with Gasteiger partial charge >= 0.3 is 0 Å². The molecule has 0 spiro atoms. The van der Waals surface area contributed by atoms with Crippen molar-refractivity contribution < 1.29 is 9.47 Å². The Labute approximate surface area is 280 Å². The Hall–Kier alpha value is -4.35. The summed E-state index contributed by atoms with van der Waals surface area (Å²) in [5, 5.41) is 0. The molecule has 0 radical (unpaired) electrons. The predicted molar refractivity (Wildman–Crippen MR) is 193 cm³/mol. The fourth-order valence-corrected chi connectivity index (χ4v) is 7.54. The van der Waals surface area contributed by atoms with E-state index >= 15 is 0 Å². The van der Waals surface area contributed by atoms with Crippen molar-refractivity contribution in [3.8, 4) is 11.5 Å². The summed E-state index contributed by atoms with van der Waals surface area (Å²) >= 11 is 3.76. The van der Waals surface area contributed by atoms with Crippen LogP contribution in [0, 0.1) is 6.92 Å². The summed E-state index contributed by atoms with van der Waals surface area (Å²) in [6.07, 6.45) is 4.16. The van der Waals surface area contributed by atoms with Crippen molar-refractivity contribution in [1.29, 1.82) is 0 Å². The molecule has 2 heterocycles. The topological polar surface area (TPSA) is 34.1 Å². The smallest absolute Gasteiger partial charge is 0.175 e. The van der Waals surface area contributed by atoms with E-state index in [1.54, 1.807) is 0 Å². The summed E-state index contributed by atoms with van der Waals surface area (Å²) in [4.78, 5) is 7.72. The van der Waals surface area contributed by atoms with Crippen molar-refractivity contribution in [2.24, 2.45) is 4.99 Å². The zero-order valence-corrected chi connectivity index (χ0v) is 28.0. The van der Waals surface area contributed by atoms with E-state index in [1.165, 1.54) is 33.5 Å². The lowest BCUT2D eigenvalue weighted by molar-refractivity contribution is 0.267. The number of hydrogen-bond donors (Lipinski definition) is 0. The van der Waals surface area contributed by atoms with Crippen LogP contribution in [0.4, 0.5) is 11.4 Å². The van der Waals surface area contributed by atoms with Crippen LogP contribution in [0.15, 0.2) is 119 Å². The van der Waals surface area contributed by atoms with E-state index in [4.69, 9.17) is 14.5 Å². The van der Waals surface area contributed by atoms with E-state index < -0.39 is 0 Å². The van der Waals surface area contributed by atoms with Gasteiger partial charge in [-0.2, -0.15) is 0 Å². The molecule has 2 atom stereocenters. The molecule has 7 rings (SSSR count). The first-order chi connectivity index (χ1) is 22.6. The summed E-state index contributed by atoms with van der Waals surface area (Å²) in [6, 6.07) is 39.1. The van der Waals surface area contributed by atoms with Gasteiger partial charge in [0.25, 0.3) is 0 Å². The van der Waals surface area contributed by atoms with E-state index in [0.717, 1.165) is 47.2 Å².